The van der Waals surface area contributed by atoms with Gasteiger partial charge in [0.15, 0.2) is 0 Å². The minimum absolute atomic E-state index is 0. The maximum Gasteiger partial charge on any atom is 0.216 e. The smallest absolute Gasteiger partial charge is 0.216 e. The SMILES string of the molecule is CC(C)Cc1cc(-c2[c-]cccc2)ncc1[Si](C)(C)C.CC(C)c1cccc(C(C)C)c1-n1c(-c2[c-]ccc3c2oc2nc(C(C)C4CCCC4)ccc23)nc2ccccc21.[Ir]. The van der Waals surface area contributed by atoms with Crippen LogP contribution in [0, 0.1) is 24.0 Å². The Bertz CT molecular complexity index is 2760. The third-order valence-electron chi connectivity index (χ3n) is 12.7. The van der Waals surface area contributed by atoms with Crippen molar-refractivity contribution in [3.05, 3.63) is 138 Å². The Kier molecular flexibility index (Phi) is 13.9. The van der Waals surface area contributed by atoms with E-state index in [4.69, 9.17) is 14.4 Å². The van der Waals surface area contributed by atoms with E-state index in [2.05, 4.69) is 169 Å². The van der Waals surface area contributed by atoms with Gasteiger partial charge in [0.2, 0.25) is 5.71 Å². The van der Waals surface area contributed by atoms with Crippen molar-refractivity contribution in [3.8, 4) is 28.3 Å². The first kappa shape index (κ1) is 45.3. The number of aromatic nitrogens is 4. The van der Waals surface area contributed by atoms with E-state index in [1.807, 2.05) is 24.3 Å². The Morgan fingerprint density at radius 3 is 2.13 bits per heavy atom. The molecule has 9 rings (SSSR count). The molecule has 7 heteroatoms. The molecule has 62 heavy (non-hydrogen) atoms. The third-order valence-corrected chi connectivity index (χ3v) is 14.7. The molecule has 1 atom stereocenters. The van der Waals surface area contributed by atoms with Gasteiger partial charge in [-0.2, -0.15) is 0 Å². The second-order valence-electron chi connectivity index (χ2n) is 19.3. The molecule has 1 fully saturated rings. The van der Waals surface area contributed by atoms with Crippen LogP contribution in [0.25, 0.3) is 61.4 Å². The van der Waals surface area contributed by atoms with Gasteiger partial charge in [-0.3, -0.25) is 4.98 Å². The summed E-state index contributed by atoms with van der Waals surface area (Å²) in [6, 6.07) is 40.8. The predicted molar refractivity (Wildman–Crippen MR) is 259 cm³/mol. The number of rotatable bonds is 10. The number of furan rings is 1. The van der Waals surface area contributed by atoms with Gasteiger partial charge >= 0.3 is 0 Å². The maximum atomic E-state index is 6.64. The number of hydrogen-bond donors (Lipinski definition) is 0. The minimum atomic E-state index is -1.34. The predicted octanol–water partition coefficient (Wildman–Crippen LogP) is 14.6. The molecule has 4 heterocycles. The third kappa shape index (κ3) is 9.18. The summed E-state index contributed by atoms with van der Waals surface area (Å²) in [5.74, 6) is 3.38. The molecule has 0 amide bonds. The fourth-order valence-corrected chi connectivity index (χ4v) is 11.0. The van der Waals surface area contributed by atoms with E-state index in [-0.39, 0.29) is 20.1 Å². The topological polar surface area (TPSA) is 56.7 Å². The summed E-state index contributed by atoms with van der Waals surface area (Å²) >= 11 is 0. The van der Waals surface area contributed by atoms with Crippen LogP contribution >= 0.6 is 0 Å². The molecule has 1 radical (unpaired) electrons. The number of hydrogen-bond acceptors (Lipinski definition) is 4. The van der Waals surface area contributed by atoms with Crippen LogP contribution in [0.15, 0.2) is 108 Å². The van der Waals surface area contributed by atoms with Crippen molar-refractivity contribution < 1.29 is 24.5 Å². The minimum Gasteiger partial charge on any atom is -0.486 e. The summed E-state index contributed by atoms with van der Waals surface area (Å²) in [4.78, 5) is 15.0. The van der Waals surface area contributed by atoms with E-state index in [0.717, 1.165) is 62.1 Å². The molecule has 0 bridgehead atoms. The van der Waals surface area contributed by atoms with Crippen molar-refractivity contribution in [1.82, 2.24) is 19.5 Å². The van der Waals surface area contributed by atoms with Gasteiger partial charge in [-0.05, 0) is 89.2 Å². The van der Waals surface area contributed by atoms with E-state index >= 15 is 0 Å². The monoisotopic (exact) mass is 1020 g/mol. The van der Waals surface area contributed by atoms with Crippen LogP contribution in [-0.2, 0) is 26.5 Å². The summed E-state index contributed by atoms with van der Waals surface area (Å²) in [6.45, 7) is 23.1. The zero-order valence-corrected chi connectivity index (χ0v) is 41.7. The molecule has 1 unspecified atom stereocenters. The van der Waals surface area contributed by atoms with Crippen LogP contribution in [0.1, 0.15) is 114 Å². The van der Waals surface area contributed by atoms with Crippen LogP contribution < -0.4 is 5.19 Å². The molecule has 1 aliphatic carbocycles. The number of pyridine rings is 2. The van der Waals surface area contributed by atoms with Gasteiger partial charge in [0, 0.05) is 49.0 Å². The van der Waals surface area contributed by atoms with Crippen LogP contribution in [0.2, 0.25) is 19.6 Å². The van der Waals surface area contributed by atoms with E-state index in [0.29, 0.717) is 35.3 Å². The number of benzene rings is 4. The van der Waals surface area contributed by atoms with Crippen LogP contribution in [0.4, 0.5) is 0 Å². The molecule has 1 aliphatic rings. The normalized spacial score (nSPS) is 14.0. The Hall–Kier alpha value is -4.68. The summed E-state index contributed by atoms with van der Waals surface area (Å²) in [7, 11) is -1.34. The summed E-state index contributed by atoms with van der Waals surface area (Å²) in [6.07, 6.45) is 8.50. The molecule has 323 valence electrons. The fourth-order valence-electron chi connectivity index (χ4n) is 9.43. The van der Waals surface area contributed by atoms with E-state index in [9.17, 15) is 0 Å². The second kappa shape index (κ2) is 19.0. The summed E-state index contributed by atoms with van der Waals surface area (Å²) < 4.78 is 8.98. The van der Waals surface area contributed by atoms with E-state index in [1.165, 1.54) is 53.2 Å². The average molecular weight is 1020 g/mol. The molecule has 1 saturated carbocycles. The van der Waals surface area contributed by atoms with Crippen molar-refractivity contribution >= 4 is 46.4 Å². The van der Waals surface area contributed by atoms with Gasteiger partial charge in [0.25, 0.3) is 0 Å². The van der Waals surface area contributed by atoms with Gasteiger partial charge < -0.3 is 14.0 Å². The zero-order valence-electron chi connectivity index (χ0n) is 38.3. The standard InChI is InChI=1S/C37H38N3O.C18H24NSi.Ir/c1-22(2)26-14-10-15-27(23(3)4)34(26)40-33-19-9-8-18-32(33)38-36(40)30-17-11-16-28-29-20-21-31(39-37(29)41-35(28)30)24(5)25-12-6-7-13-25;1-14(2)11-16-12-17(15-9-7-6-8-10-15)19-13-18(16)20(3,4)5;/h8-11,14-16,18-25H,6-7,12-13H2,1-5H3;6-9,12-14H,11H2,1-5H3;/q2*-1;. The van der Waals surface area contributed by atoms with Gasteiger partial charge in [0.05, 0.1) is 30.5 Å². The largest absolute Gasteiger partial charge is 0.486 e. The molecule has 4 aromatic heterocycles. The molecule has 8 aromatic rings. The number of imidazole rings is 1. The molecule has 0 N–H and O–H groups in total. The van der Waals surface area contributed by atoms with Crippen molar-refractivity contribution in [1.29, 1.82) is 0 Å². The first-order valence-electron chi connectivity index (χ1n) is 22.6. The quantitative estimate of drug-likeness (QED) is 0.101. The van der Waals surface area contributed by atoms with Crippen LogP contribution in [0.3, 0.4) is 0 Å². The van der Waals surface area contributed by atoms with Crippen LogP contribution in [-0.4, -0.2) is 27.6 Å². The molecule has 0 saturated heterocycles. The molecule has 0 aliphatic heterocycles. The first-order valence-corrected chi connectivity index (χ1v) is 26.1. The molecule has 5 nitrogen and oxygen atoms in total. The average Bonchev–Trinajstić information content (AvgIpc) is 4.01. The number of nitrogens with zero attached hydrogens (tertiary/aromatic N) is 4. The van der Waals surface area contributed by atoms with Crippen molar-refractivity contribution in [2.75, 3.05) is 0 Å². The van der Waals surface area contributed by atoms with Crippen molar-refractivity contribution in [2.24, 2.45) is 11.8 Å². The van der Waals surface area contributed by atoms with Crippen molar-refractivity contribution in [3.63, 3.8) is 0 Å². The first-order chi connectivity index (χ1) is 29.3. The maximum absolute atomic E-state index is 6.64. The molecular formula is C55H62IrN4OSi-2. The van der Waals surface area contributed by atoms with Gasteiger partial charge in [-0.25, -0.2) is 4.98 Å². The van der Waals surface area contributed by atoms with E-state index in [1.54, 1.807) is 0 Å². The zero-order chi connectivity index (χ0) is 43.0. The van der Waals surface area contributed by atoms with Gasteiger partial charge in [0.1, 0.15) is 0 Å². The molecular weight excluding hydrogens is 953 g/mol. The number of para-hydroxylation sites is 3. The Labute approximate surface area is 384 Å². The molecule has 4 aromatic carbocycles. The number of fused-ring (bicyclic) bond motifs is 4. The van der Waals surface area contributed by atoms with Gasteiger partial charge in [-0.1, -0.05) is 134 Å². The van der Waals surface area contributed by atoms with Crippen molar-refractivity contribution in [2.45, 2.75) is 118 Å². The Balaban J connectivity index is 0.000000233. The Morgan fingerprint density at radius 1 is 0.758 bits per heavy atom. The van der Waals surface area contributed by atoms with Gasteiger partial charge in [-0.15, -0.1) is 54.1 Å². The second-order valence-corrected chi connectivity index (χ2v) is 24.4. The van der Waals surface area contributed by atoms with E-state index < -0.39 is 8.07 Å². The summed E-state index contributed by atoms with van der Waals surface area (Å²) in [5.41, 5.74) is 13.0. The van der Waals surface area contributed by atoms with Crippen LogP contribution in [0.5, 0.6) is 0 Å². The Morgan fingerprint density at radius 2 is 1.47 bits per heavy atom. The summed E-state index contributed by atoms with van der Waals surface area (Å²) in [5, 5.41) is 3.60. The fraction of sp³-hybridized carbons (Fsp3) is 0.364. The molecule has 0 spiro atoms.